The fourth-order valence-electron chi connectivity index (χ4n) is 4.19. The predicted octanol–water partition coefficient (Wildman–Crippen LogP) is 3.57. The summed E-state index contributed by atoms with van der Waals surface area (Å²) in [5.74, 6) is -0.644. The number of nitrogens with zero attached hydrogens (tertiary/aromatic N) is 2. The number of hydrogen-bond donors (Lipinski definition) is 4. The highest BCUT2D eigenvalue weighted by Gasteiger charge is 2.33. The van der Waals surface area contributed by atoms with Crippen LogP contribution in [0.15, 0.2) is 80.8 Å². The molecule has 0 bridgehead atoms. The van der Waals surface area contributed by atoms with E-state index in [1.807, 2.05) is 24.3 Å². The van der Waals surface area contributed by atoms with E-state index in [9.17, 15) is 27.8 Å². The van der Waals surface area contributed by atoms with Gasteiger partial charge in [-0.25, -0.2) is 8.42 Å². The Labute approximate surface area is 220 Å². The Balaban J connectivity index is 1.68. The summed E-state index contributed by atoms with van der Waals surface area (Å²) in [5, 5.41) is 14.2. The van der Waals surface area contributed by atoms with Crippen LogP contribution in [0.2, 0.25) is 0 Å². The van der Waals surface area contributed by atoms with Crippen molar-refractivity contribution >= 4 is 66.9 Å². The molecule has 0 amide bonds. The van der Waals surface area contributed by atoms with Gasteiger partial charge in [0.2, 0.25) is 10.0 Å². The largest absolute Gasteiger partial charge is 0.506 e. The number of hydrogen-bond acceptors (Lipinski definition) is 6. The Morgan fingerprint density at radius 2 is 1.86 bits per heavy atom. The number of anilines is 2. The predicted molar refractivity (Wildman–Crippen MR) is 148 cm³/mol. The number of fused-ring (bicyclic) bond motifs is 2. The van der Waals surface area contributed by atoms with Crippen molar-refractivity contribution in [1.82, 2.24) is 4.57 Å². The van der Waals surface area contributed by atoms with E-state index < -0.39 is 23.1 Å². The summed E-state index contributed by atoms with van der Waals surface area (Å²) in [7, 11) is -8.07. The van der Waals surface area contributed by atoms with E-state index in [1.165, 1.54) is 22.8 Å². The molecule has 0 fully saturated rings. The number of sulfonamides is 1. The zero-order valence-electron chi connectivity index (χ0n) is 19.2. The maximum atomic E-state index is 13.7. The van der Waals surface area contributed by atoms with Gasteiger partial charge in [0.25, 0.3) is 5.56 Å². The van der Waals surface area contributed by atoms with Gasteiger partial charge in [0.05, 0.1) is 29.3 Å². The van der Waals surface area contributed by atoms with Gasteiger partial charge < -0.3 is 19.9 Å². The van der Waals surface area contributed by atoms with Gasteiger partial charge in [-0.2, -0.15) is 4.76 Å². The summed E-state index contributed by atoms with van der Waals surface area (Å²) < 4.78 is 44.8. The van der Waals surface area contributed by atoms with E-state index in [2.05, 4.69) is 30.7 Å². The first-order chi connectivity index (χ1) is 17.4. The van der Waals surface area contributed by atoms with Crippen LogP contribution in [0, 0.1) is 0 Å². The Bertz CT molecular complexity index is 1840. The van der Waals surface area contributed by atoms with Crippen molar-refractivity contribution in [2.24, 2.45) is 4.76 Å². The molecule has 1 aliphatic rings. The molecule has 0 saturated heterocycles. The second-order valence-electron chi connectivity index (χ2n) is 8.49. The Morgan fingerprint density at radius 3 is 2.59 bits per heavy atom. The number of amidine groups is 1. The van der Waals surface area contributed by atoms with E-state index in [-0.39, 0.29) is 40.4 Å². The molecule has 4 N–H and O–H groups in total. The second kappa shape index (κ2) is 9.14. The van der Waals surface area contributed by atoms with Crippen molar-refractivity contribution in [1.29, 1.82) is 0 Å². The number of nitrogens with one attached hydrogen (secondary N) is 2. The minimum absolute atomic E-state index is 0.0842. The molecule has 10 nitrogen and oxygen atoms in total. The average molecular weight is 603 g/mol. The van der Waals surface area contributed by atoms with Gasteiger partial charge in [-0.05, 0) is 48.0 Å². The van der Waals surface area contributed by atoms with E-state index in [0.29, 0.717) is 10.9 Å². The lowest BCUT2D eigenvalue weighted by atomic mass is 10.1. The van der Waals surface area contributed by atoms with Crippen molar-refractivity contribution in [3.05, 3.63) is 92.7 Å². The lowest BCUT2D eigenvalue weighted by molar-refractivity contribution is 0.477. The number of para-hydroxylation sites is 1. The van der Waals surface area contributed by atoms with Gasteiger partial charge in [-0.3, -0.25) is 14.1 Å². The van der Waals surface area contributed by atoms with E-state index in [4.69, 9.17) is 0 Å². The van der Waals surface area contributed by atoms with Crippen LogP contribution in [0.4, 0.5) is 11.4 Å². The van der Waals surface area contributed by atoms with Crippen molar-refractivity contribution in [3.8, 4) is 5.75 Å². The molecule has 0 aliphatic carbocycles. The molecular formula is C24H20BrN4O6PS. The first-order valence-corrected chi connectivity index (χ1v) is 15.1. The second-order valence-corrected chi connectivity index (χ2v) is 12.9. The van der Waals surface area contributed by atoms with Crippen LogP contribution in [-0.4, -0.2) is 35.1 Å². The number of aromatic nitrogens is 1. The molecule has 0 spiro atoms. The van der Waals surface area contributed by atoms with E-state index >= 15 is 0 Å². The Morgan fingerprint density at radius 1 is 1.11 bits per heavy atom. The lowest BCUT2D eigenvalue weighted by Crippen LogP contribution is -2.33. The topological polar surface area (TPSA) is 150 Å². The van der Waals surface area contributed by atoms with Crippen LogP contribution in [0.1, 0.15) is 11.1 Å². The Kier molecular flexibility index (Phi) is 6.23. The minimum atomic E-state index is -4.45. The standard InChI is InChI=1S/C24H20BrN4O6PS/c1-37(34,35)28-16-9-10-18-20(12-16)36(32,33)27-23(26-18)21-22(30)17-7-2-3-8-19(17)29(24(21)31)13-14-5-4-6-15(25)11-14/h2-12,28,30H,13H2,1H3,(H2,26,27,32,33). The van der Waals surface area contributed by atoms with Gasteiger partial charge >= 0.3 is 7.52 Å². The summed E-state index contributed by atoms with van der Waals surface area (Å²) in [5.41, 5.74) is 0.671. The maximum absolute atomic E-state index is 13.7. The molecule has 1 unspecified atom stereocenters. The monoisotopic (exact) mass is 602 g/mol. The van der Waals surface area contributed by atoms with Crippen molar-refractivity contribution < 1.29 is 23.0 Å². The number of halogens is 1. The smallest absolute Gasteiger partial charge is 0.346 e. The van der Waals surface area contributed by atoms with Crippen LogP contribution < -0.4 is 20.9 Å². The highest BCUT2D eigenvalue weighted by Crippen LogP contribution is 2.47. The minimum Gasteiger partial charge on any atom is -0.506 e. The lowest BCUT2D eigenvalue weighted by Gasteiger charge is -2.24. The molecule has 13 heteroatoms. The molecular weight excluding hydrogens is 583 g/mol. The Hall–Kier alpha value is -3.44. The molecule has 0 saturated carbocycles. The fraction of sp³-hybridized carbons (Fsp3) is 0.0833. The van der Waals surface area contributed by atoms with E-state index in [0.717, 1.165) is 16.3 Å². The van der Waals surface area contributed by atoms with Crippen molar-refractivity contribution in [3.63, 3.8) is 0 Å². The third-order valence-electron chi connectivity index (χ3n) is 5.72. The van der Waals surface area contributed by atoms with Crippen molar-refractivity contribution in [2.75, 3.05) is 16.3 Å². The SMILES string of the molecule is CS(=O)(=O)Nc1ccc2c(c1)P(=O)(O)N=C(c1c(O)c3ccccc3n(Cc3cccc(Br)c3)c1=O)N2. The van der Waals surface area contributed by atoms with Crippen molar-refractivity contribution in [2.45, 2.75) is 6.54 Å². The van der Waals surface area contributed by atoms with Gasteiger partial charge in [-0.15, -0.1) is 0 Å². The fourth-order valence-corrected chi connectivity index (χ4v) is 6.47. The number of benzene rings is 3. The van der Waals surface area contributed by atoms with Crippen LogP contribution in [-0.2, 0) is 21.1 Å². The molecule has 0 radical (unpaired) electrons. The highest BCUT2D eigenvalue weighted by atomic mass is 79.9. The molecule has 5 rings (SSSR count). The molecule has 1 atom stereocenters. The van der Waals surface area contributed by atoms with Gasteiger partial charge in [0.1, 0.15) is 11.3 Å². The van der Waals surface area contributed by atoms with Gasteiger partial charge in [0.15, 0.2) is 5.84 Å². The summed E-state index contributed by atoms with van der Waals surface area (Å²) >= 11 is 3.43. The summed E-state index contributed by atoms with van der Waals surface area (Å²) in [6, 6.07) is 18.2. The third-order valence-corrected chi connectivity index (χ3v) is 8.28. The van der Waals surface area contributed by atoms with Crippen LogP contribution in [0.25, 0.3) is 10.9 Å². The normalized spacial score (nSPS) is 17.1. The molecule has 1 aliphatic heterocycles. The number of pyridine rings is 1. The van der Waals surface area contributed by atoms with Crippen LogP contribution >= 0.6 is 23.4 Å². The summed E-state index contributed by atoms with van der Waals surface area (Å²) in [6.45, 7) is 0.174. The molecule has 1 aromatic heterocycles. The zero-order valence-corrected chi connectivity index (χ0v) is 22.5. The summed E-state index contributed by atoms with van der Waals surface area (Å²) in [6.07, 6.45) is 0.959. The molecule has 3 aromatic carbocycles. The first kappa shape index (κ1) is 25.2. The maximum Gasteiger partial charge on any atom is 0.346 e. The first-order valence-electron chi connectivity index (χ1n) is 10.8. The number of rotatable bonds is 5. The van der Waals surface area contributed by atoms with E-state index in [1.54, 1.807) is 24.3 Å². The molecule has 190 valence electrons. The third kappa shape index (κ3) is 4.93. The number of aromatic hydroxyl groups is 1. The molecule has 37 heavy (non-hydrogen) atoms. The van der Waals surface area contributed by atoms with Gasteiger partial charge in [0, 0.05) is 15.5 Å². The highest BCUT2D eigenvalue weighted by molar-refractivity contribution is 9.10. The average Bonchev–Trinajstić information content (AvgIpc) is 2.81. The zero-order chi connectivity index (χ0) is 26.5. The van der Waals surface area contributed by atoms with Crippen LogP contribution in [0.3, 0.4) is 0 Å². The van der Waals surface area contributed by atoms with Crippen LogP contribution in [0.5, 0.6) is 5.75 Å². The van der Waals surface area contributed by atoms with Gasteiger partial charge in [-0.1, -0.05) is 40.2 Å². The molecule has 2 heterocycles. The molecule has 4 aromatic rings. The summed E-state index contributed by atoms with van der Waals surface area (Å²) in [4.78, 5) is 24.5. The quantitative estimate of drug-likeness (QED) is 0.255.